The minimum absolute atomic E-state index is 0.671. The van der Waals surface area contributed by atoms with Crippen LogP contribution in [-0.4, -0.2) is 36.1 Å². The monoisotopic (exact) mass is 379 g/mol. The van der Waals surface area contributed by atoms with Gasteiger partial charge in [0.1, 0.15) is 18.0 Å². The van der Waals surface area contributed by atoms with Crippen molar-refractivity contribution in [1.29, 1.82) is 0 Å². The first kappa shape index (κ1) is 17.6. The Labute approximate surface area is 164 Å². The summed E-state index contributed by atoms with van der Waals surface area (Å²) in [6.45, 7) is 5.93. The minimum Gasteiger partial charge on any atom is -0.368 e. The lowest BCUT2D eigenvalue weighted by atomic mass is 10.2. The maximum absolute atomic E-state index is 6.23. The van der Waals surface area contributed by atoms with Gasteiger partial charge in [-0.1, -0.05) is 35.9 Å². The maximum Gasteiger partial charge on any atom is 0.135 e. The molecule has 0 aliphatic carbocycles. The van der Waals surface area contributed by atoms with Gasteiger partial charge in [0, 0.05) is 37.9 Å². The molecular formula is C21H22ClN5. The number of benzene rings is 2. The third kappa shape index (κ3) is 4.14. The Balaban J connectivity index is 1.43. The van der Waals surface area contributed by atoms with Gasteiger partial charge in [-0.2, -0.15) is 0 Å². The van der Waals surface area contributed by atoms with Crippen molar-refractivity contribution in [1.82, 2.24) is 9.97 Å². The number of para-hydroxylation sites is 1. The molecule has 2 aromatic carbocycles. The Morgan fingerprint density at radius 2 is 1.67 bits per heavy atom. The van der Waals surface area contributed by atoms with Crippen LogP contribution in [0, 0.1) is 6.92 Å². The van der Waals surface area contributed by atoms with Gasteiger partial charge < -0.3 is 15.1 Å². The molecular weight excluding hydrogens is 358 g/mol. The highest BCUT2D eigenvalue weighted by molar-refractivity contribution is 6.33. The molecule has 5 nitrogen and oxygen atoms in total. The van der Waals surface area contributed by atoms with Crippen molar-refractivity contribution in [3.05, 3.63) is 71.5 Å². The summed E-state index contributed by atoms with van der Waals surface area (Å²) in [6, 6.07) is 18.3. The molecule has 1 aliphatic heterocycles. The third-order valence-electron chi connectivity index (χ3n) is 4.76. The van der Waals surface area contributed by atoms with Gasteiger partial charge in [-0.25, -0.2) is 9.97 Å². The number of halogens is 1. The van der Waals surface area contributed by atoms with Crippen LogP contribution in [-0.2, 0) is 0 Å². The molecule has 1 N–H and O–H groups in total. The van der Waals surface area contributed by atoms with Crippen LogP contribution >= 0.6 is 11.6 Å². The van der Waals surface area contributed by atoms with E-state index in [4.69, 9.17) is 11.6 Å². The van der Waals surface area contributed by atoms with Gasteiger partial charge in [0.2, 0.25) is 0 Å². The van der Waals surface area contributed by atoms with Crippen LogP contribution in [0.3, 0.4) is 0 Å². The molecule has 0 saturated carbocycles. The van der Waals surface area contributed by atoms with Crippen molar-refractivity contribution in [2.45, 2.75) is 6.92 Å². The fourth-order valence-electron chi connectivity index (χ4n) is 3.31. The van der Waals surface area contributed by atoms with Crippen molar-refractivity contribution in [3.63, 3.8) is 0 Å². The molecule has 0 atom stereocenters. The van der Waals surface area contributed by atoms with Gasteiger partial charge in [0.15, 0.2) is 0 Å². The van der Waals surface area contributed by atoms with Crippen molar-refractivity contribution >= 4 is 34.6 Å². The van der Waals surface area contributed by atoms with Gasteiger partial charge in [-0.15, -0.1) is 0 Å². The highest BCUT2D eigenvalue weighted by Gasteiger charge is 2.19. The quantitative estimate of drug-likeness (QED) is 0.722. The molecule has 2 heterocycles. The van der Waals surface area contributed by atoms with E-state index in [1.807, 2.05) is 30.3 Å². The Bertz CT molecular complexity index is 922. The normalized spacial score (nSPS) is 14.3. The largest absolute Gasteiger partial charge is 0.368 e. The minimum atomic E-state index is 0.671. The SMILES string of the molecule is Cc1cccc(N2CCN(c3cc(Nc4ccccc4Cl)ncn3)CC2)c1. The summed E-state index contributed by atoms with van der Waals surface area (Å²) in [5, 5.41) is 3.94. The molecule has 0 bridgehead atoms. The van der Waals surface area contributed by atoms with Crippen molar-refractivity contribution < 1.29 is 0 Å². The predicted octanol–water partition coefficient (Wildman–Crippen LogP) is 4.51. The Kier molecular flexibility index (Phi) is 5.12. The molecule has 1 fully saturated rings. The van der Waals surface area contributed by atoms with Gasteiger partial charge >= 0.3 is 0 Å². The molecule has 0 radical (unpaired) electrons. The van der Waals surface area contributed by atoms with Gasteiger partial charge in [0.05, 0.1) is 10.7 Å². The molecule has 27 heavy (non-hydrogen) atoms. The fraction of sp³-hybridized carbons (Fsp3) is 0.238. The van der Waals surface area contributed by atoms with Crippen LogP contribution in [0.1, 0.15) is 5.56 Å². The lowest BCUT2D eigenvalue weighted by Gasteiger charge is -2.36. The fourth-order valence-corrected chi connectivity index (χ4v) is 3.49. The van der Waals surface area contributed by atoms with Crippen LogP contribution < -0.4 is 15.1 Å². The van der Waals surface area contributed by atoms with E-state index in [0.717, 1.165) is 43.5 Å². The van der Waals surface area contributed by atoms with Gasteiger partial charge in [-0.3, -0.25) is 0 Å². The molecule has 4 rings (SSSR count). The Morgan fingerprint density at radius 3 is 2.44 bits per heavy atom. The molecule has 0 spiro atoms. The maximum atomic E-state index is 6.23. The van der Waals surface area contributed by atoms with E-state index in [1.165, 1.54) is 11.3 Å². The summed E-state index contributed by atoms with van der Waals surface area (Å²) in [5.41, 5.74) is 3.42. The standard InChI is InChI=1S/C21H22ClN5/c1-16-5-4-6-17(13-16)26-9-11-27(12-10-26)21-14-20(23-15-24-21)25-19-8-3-2-7-18(19)22/h2-8,13-15H,9-12H2,1H3,(H,23,24,25). The summed E-state index contributed by atoms with van der Waals surface area (Å²) >= 11 is 6.23. The van der Waals surface area contributed by atoms with Crippen molar-refractivity contribution in [3.8, 4) is 0 Å². The summed E-state index contributed by atoms with van der Waals surface area (Å²) < 4.78 is 0. The molecule has 6 heteroatoms. The summed E-state index contributed by atoms with van der Waals surface area (Å²) in [6.07, 6.45) is 1.60. The molecule has 1 aromatic heterocycles. The van der Waals surface area contributed by atoms with E-state index in [-0.39, 0.29) is 0 Å². The number of anilines is 4. The second-order valence-corrected chi connectivity index (χ2v) is 7.09. The van der Waals surface area contributed by atoms with E-state index in [0.29, 0.717) is 5.02 Å². The first-order valence-corrected chi connectivity index (χ1v) is 9.47. The van der Waals surface area contributed by atoms with Crippen molar-refractivity contribution in [2.24, 2.45) is 0 Å². The van der Waals surface area contributed by atoms with Crippen LogP contribution in [0.5, 0.6) is 0 Å². The number of aromatic nitrogens is 2. The van der Waals surface area contributed by atoms with E-state index < -0.39 is 0 Å². The lowest BCUT2D eigenvalue weighted by molar-refractivity contribution is 0.647. The average Bonchev–Trinajstić information content (AvgIpc) is 2.70. The molecule has 0 unspecified atom stereocenters. The van der Waals surface area contributed by atoms with Gasteiger partial charge in [-0.05, 0) is 36.8 Å². The number of nitrogens with one attached hydrogen (secondary N) is 1. The topological polar surface area (TPSA) is 44.3 Å². The first-order chi connectivity index (χ1) is 13.2. The number of nitrogens with zero attached hydrogens (tertiary/aromatic N) is 4. The zero-order valence-corrected chi connectivity index (χ0v) is 16.0. The highest BCUT2D eigenvalue weighted by Crippen LogP contribution is 2.26. The van der Waals surface area contributed by atoms with E-state index >= 15 is 0 Å². The number of piperazine rings is 1. The molecule has 3 aromatic rings. The molecule has 1 aliphatic rings. The second kappa shape index (κ2) is 7.84. The molecule has 138 valence electrons. The molecule has 1 saturated heterocycles. The van der Waals surface area contributed by atoms with Crippen LogP contribution in [0.15, 0.2) is 60.9 Å². The van der Waals surface area contributed by atoms with Crippen molar-refractivity contribution in [2.75, 3.05) is 41.3 Å². The molecule has 0 amide bonds. The second-order valence-electron chi connectivity index (χ2n) is 6.68. The number of aryl methyl sites for hydroxylation is 1. The third-order valence-corrected chi connectivity index (χ3v) is 5.09. The summed E-state index contributed by atoms with van der Waals surface area (Å²) in [5.74, 6) is 1.68. The number of hydrogen-bond acceptors (Lipinski definition) is 5. The lowest BCUT2D eigenvalue weighted by Crippen LogP contribution is -2.46. The predicted molar refractivity (Wildman–Crippen MR) is 112 cm³/mol. The average molecular weight is 380 g/mol. The summed E-state index contributed by atoms with van der Waals surface area (Å²) in [7, 11) is 0. The van der Waals surface area contributed by atoms with Crippen LogP contribution in [0.4, 0.5) is 23.0 Å². The number of hydrogen-bond donors (Lipinski definition) is 1. The number of rotatable bonds is 4. The highest BCUT2D eigenvalue weighted by atomic mass is 35.5. The first-order valence-electron chi connectivity index (χ1n) is 9.09. The van der Waals surface area contributed by atoms with E-state index in [2.05, 4.69) is 56.3 Å². The zero-order chi connectivity index (χ0) is 18.6. The van der Waals surface area contributed by atoms with E-state index in [9.17, 15) is 0 Å². The van der Waals surface area contributed by atoms with Gasteiger partial charge in [0.25, 0.3) is 0 Å². The van der Waals surface area contributed by atoms with Crippen LogP contribution in [0.2, 0.25) is 5.02 Å². The Morgan fingerprint density at radius 1 is 0.889 bits per heavy atom. The Hall–Kier alpha value is -2.79. The smallest absolute Gasteiger partial charge is 0.135 e. The van der Waals surface area contributed by atoms with E-state index in [1.54, 1.807) is 6.33 Å². The zero-order valence-electron chi connectivity index (χ0n) is 15.3. The van der Waals surface area contributed by atoms with Crippen LogP contribution in [0.25, 0.3) is 0 Å². The summed E-state index contributed by atoms with van der Waals surface area (Å²) in [4.78, 5) is 13.5.